The first-order valence-corrected chi connectivity index (χ1v) is 4.45. The molecule has 1 aromatic heterocycles. The first-order chi connectivity index (χ1) is 6.57. The van der Waals surface area contributed by atoms with Crippen molar-refractivity contribution in [2.45, 2.75) is 0 Å². The minimum atomic E-state index is -0.373. The summed E-state index contributed by atoms with van der Waals surface area (Å²) >= 11 is 11.4. The fourth-order valence-corrected chi connectivity index (χ4v) is 1.19. The Hall–Kier alpha value is -0.840. The highest BCUT2D eigenvalue weighted by Crippen LogP contribution is 2.23. The number of rotatable bonds is 2. The van der Waals surface area contributed by atoms with Crippen LogP contribution in [0.5, 0.6) is 0 Å². The van der Waals surface area contributed by atoms with Gasteiger partial charge in [0.15, 0.2) is 0 Å². The average molecular weight is 235 g/mol. The highest BCUT2D eigenvalue weighted by Gasteiger charge is 2.16. The van der Waals surface area contributed by atoms with Gasteiger partial charge in [0.25, 0.3) is 5.91 Å². The molecule has 0 unspecified atom stereocenters. The largest absolute Gasteiger partial charge is 0.278 e. The minimum absolute atomic E-state index is 0.0991. The van der Waals surface area contributed by atoms with Crippen LogP contribution in [-0.4, -0.2) is 30.1 Å². The van der Waals surface area contributed by atoms with Crippen molar-refractivity contribution in [1.29, 1.82) is 0 Å². The van der Waals surface area contributed by atoms with Crippen molar-refractivity contribution < 1.29 is 9.63 Å². The number of aromatic nitrogens is 1. The molecule has 0 fully saturated rings. The van der Waals surface area contributed by atoms with Crippen molar-refractivity contribution in [2.75, 3.05) is 14.2 Å². The number of pyridine rings is 1. The third kappa shape index (κ3) is 2.15. The third-order valence-corrected chi connectivity index (χ3v) is 2.40. The van der Waals surface area contributed by atoms with E-state index in [0.29, 0.717) is 0 Å². The number of hydrogen-bond donors (Lipinski definition) is 0. The zero-order chi connectivity index (χ0) is 10.7. The van der Waals surface area contributed by atoms with Crippen molar-refractivity contribution in [2.24, 2.45) is 0 Å². The second-order valence-corrected chi connectivity index (χ2v) is 3.18. The van der Waals surface area contributed by atoms with Gasteiger partial charge in [-0.25, -0.2) is 10.0 Å². The molecule has 1 amide bonds. The van der Waals surface area contributed by atoms with Gasteiger partial charge in [0, 0.05) is 13.2 Å². The van der Waals surface area contributed by atoms with E-state index in [2.05, 4.69) is 4.98 Å². The van der Waals surface area contributed by atoms with E-state index in [1.165, 1.54) is 26.4 Å². The maximum absolute atomic E-state index is 11.6. The molecular formula is C8H8Cl2N2O2. The van der Waals surface area contributed by atoms with Crippen LogP contribution in [-0.2, 0) is 4.84 Å². The molecule has 0 atom stereocenters. The zero-order valence-corrected chi connectivity index (χ0v) is 9.13. The quantitative estimate of drug-likeness (QED) is 0.581. The van der Waals surface area contributed by atoms with Crippen LogP contribution in [0.2, 0.25) is 10.2 Å². The van der Waals surface area contributed by atoms with E-state index < -0.39 is 0 Å². The van der Waals surface area contributed by atoms with Crippen molar-refractivity contribution in [3.63, 3.8) is 0 Å². The maximum atomic E-state index is 11.6. The number of amides is 1. The molecule has 1 heterocycles. The monoisotopic (exact) mass is 234 g/mol. The SMILES string of the molecule is CON(C)C(=O)c1ccnc(Cl)c1Cl. The lowest BCUT2D eigenvalue weighted by Crippen LogP contribution is -2.25. The molecule has 0 spiro atoms. The second kappa shape index (κ2) is 4.59. The summed E-state index contributed by atoms with van der Waals surface area (Å²) < 4.78 is 0. The van der Waals surface area contributed by atoms with Gasteiger partial charge < -0.3 is 0 Å². The molecule has 0 bridgehead atoms. The van der Waals surface area contributed by atoms with Crippen LogP contribution in [0.3, 0.4) is 0 Å². The predicted octanol–water partition coefficient (Wildman–Crippen LogP) is 2.02. The highest BCUT2D eigenvalue weighted by atomic mass is 35.5. The molecule has 0 aromatic carbocycles. The Morgan fingerprint density at radius 3 is 2.79 bits per heavy atom. The van der Waals surface area contributed by atoms with E-state index >= 15 is 0 Å². The third-order valence-electron chi connectivity index (χ3n) is 1.64. The van der Waals surface area contributed by atoms with Gasteiger partial charge in [-0.3, -0.25) is 9.63 Å². The lowest BCUT2D eigenvalue weighted by atomic mass is 10.2. The summed E-state index contributed by atoms with van der Waals surface area (Å²) in [7, 11) is 2.86. The number of hydrogen-bond acceptors (Lipinski definition) is 3. The zero-order valence-electron chi connectivity index (χ0n) is 7.62. The molecule has 0 aliphatic rings. The fraction of sp³-hybridized carbons (Fsp3) is 0.250. The van der Waals surface area contributed by atoms with Crippen LogP contribution < -0.4 is 0 Å². The Balaban J connectivity index is 3.07. The smallest absolute Gasteiger partial charge is 0.274 e. The Kier molecular flexibility index (Phi) is 3.69. The van der Waals surface area contributed by atoms with Gasteiger partial charge in [0.05, 0.1) is 17.7 Å². The van der Waals surface area contributed by atoms with Gasteiger partial charge in [-0.2, -0.15) is 0 Å². The molecule has 0 radical (unpaired) electrons. The predicted molar refractivity (Wildman–Crippen MR) is 53.4 cm³/mol. The van der Waals surface area contributed by atoms with Crippen LogP contribution in [0.1, 0.15) is 10.4 Å². The normalized spacial score (nSPS) is 10.0. The van der Waals surface area contributed by atoms with Crippen LogP contribution >= 0.6 is 23.2 Å². The molecule has 4 nitrogen and oxygen atoms in total. The number of carbonyl (C=O) groups excluding carboxylic acids is 1. The Bertz CT molecular complexity index is 357. The van der Waals surface area contributed by atoms with Gasteiger partial charge in [-0.1, -0.05) is 23.2 Å². The molecule has 1 rings (SSSR count). The lowest BCUT2D eigenvalue weighted by molar-refractivity contribution is -0.0756. The van der Waals surface area contributed by atoms with E-state index in [1.54, 1.807) is 0 Å². The molecule has 0 N–H and O–H groups in total. The molecule has 0 aliphatic carbocycles. The van der Waals surface area contributed by atoms with Gasteiger partial charge in [0.1, 0.15) is 5.15 Å². The average Bonchev–Trinajstić information content (AvgIpc) is 2.20. The molecule has 0 saturated carbocycles. The number of carbonyl (C=O) groups is 1. The van der Waals surface area contributed by atoms with Gasteiger partial charge in [0.2, 0.25) is 0 Å². The summed E-state index contributed by atoms with van der Waals surface area (Å²) in [4.78, 5) is 20.0. The Morgan fingerprint density at radius 1 is 1.57 bits per heavy atom. The first kappa shape index (κ1) is 11.2. The van der Waals surface area contributed by atoms with Gasteiger partial charge in [-0.05, 0) is 6.07 Å². The standard InChI is InChI=1S/C8H8Cl2N2O2/c1-12(14-2)8(13)5-3-4-11-7(10)6(5)9/h3-4H,1-2H3. The van der Waals surface area contributed by atoms with Crippen molar-refractivity contribution in [3.05, 3.63) is 28.0 Å². The molecule has 14 heavy (non-hydrogen) atoms. The van der Waals surface area contributed by atoms with Crippen LogP contribution in [0.4, 0.5) is 0 Å². The second-order valence-electron chi connectivity index (χ2n) is 2.45. The molecular weight excluding hydrogens is 227 g/mol. The van der Waals surface area contributed by atoms with Gasteiger partial charge >= 0.3 is 0 Å². The molecule has 0 aliphatic heterocycles. The lowest BCUT2D eigenvalue weighted by Gasteiger charge is -2.14. The van der Waals surface area contributed by atoms with Crippen molar-refractivity contribution in [3.8, 4) is 0 Å². The van der Waals surface area contributed by atoms with Gasteiger partial charge in [-0.15, -0.1) is 0 Å². The van der Waals surface area contributed by atoms with Crippen molar-refractivity contribution >= 4 is 29.1 Å². The Labute approximate surface area is 91.3 Å². The van der Waals surface area contributed by atoms with Crippen molar-refractivity contribution in [1.82, 2.24) is 10.0 Å². The summed E-state index contributed by atoms with van der Waals surface area (Å²) in [6.07, 6.45) is 1.41. The maximum Gasteiger partial charge on any atom is 0.278 e. The fourth-order valence-electron chi connectivity index (χ4n) is 0.836. The first-order valence-electron chi connectivity index (χ1n) is 3.70. The molecule has 0 saturated heterocycles. The summed E-state index contributed by atoms with van der Waals surface area (Å²) in [6, 6.07) is 1.48. The van der Waals surface area contributed by atoms with Crippen LogP contribution in [0.25, 0.3) is 0 Å². The summed E-state index contributed by atoms with van der Waals surface area (Å²) in [5, 5.41) is 1.28. The highest BCUT2D eigenvalue weighted by molar-refractivity contribution is 6.43. The summed E-state index contributed by atoms with van der Waals surface area (Å²) in [5.74, 6) is -0.373. The molecule has 1 aromatic rings. The van der Waals surface area contributed by atoms with E-state index in [9.17, 15) is 4.79 Å². The number of hydroxylamine groups is 2. The molecule has 76 valence electrons. The summed E-state index contributed by atoms with van der Waals surface area (Å²) in [5.41, 5.74) is 0.260. The van der Waals surface area contributed by atoms with Crippen LogP contribution in [0.15, 0.2) is 12.3 Å². The number of halogens is 2. The van der Waals surface area contributed by atoms with E-state index in [-0.39, 0.29) is 21.6 Å². The van der Waals surface area contributed by atoms with E-state index in [0.717, 1.165) is 5.06 Å². The number of nitrogens with zero attached hydrogens (tertiary/aromatic N) is 2. The Morgan fingerprint density at radius 2 is 2.21 bits per heavy atom. The summed E-state index contributed by atoms with van der Waals surface area (Å²) in [6.45, 7) is 0. The molecule has 6 heteroatoms. The van der Waals surface area contributed by atoms with Crippen LogP contribution in [0, 0.1) is 0 Å². The van der Waals surface area contributed by atoms with E-state index in [1.807, 2.05) is 0 Å². The topological polar surface area (TPSA) is 42.4 Å². The minimum Gasteiger partial charge on any atom is -0.274 e. The van der Waals surface area contributed by atoms with E-state index in [4.69, 9.17) is 28.0 Å².